The summed E-state index contributed by atoms with van der Waals surface area (Å²) in [7, 11) is -1.52. The number of sulfone groups is 1. The summed E-state index contributed by atoms with van der Waals surface area (Å²) in [4.78, 5) is 0. The van der Waals surface area contributed by atoms with E-state index >= 15 is 0 Å². The molecule has 3 atom stereocenters. The molecule has 0 aromatic carbocycles. The van der Waals surface area contributed by atoms with Gasteiger partial charge in [-0.25, -0.2) is 8.42 Å². The lowest BCUT2D eigenvalue weighted by molar-refractivity contribution is -0.173. The van der Waals surface area contributed by atoms with E-state index in [-0.39, 0.29) is 30.0 Å². The fourth-order valence-corrected chi connectivity index (χ4v) is 4.51. The maximum absolute atomic E-state index is 12.2. The molecule has 0 radical (unpaired) electrons. The largest absolute Gasteiger partial charge is 0.377 e. The Morgan fingerprint density at radius 2 is 1.79 bits per heavy atom. The Hall–Kier alpha value is -0.170. The highest BCUT2D eigenvalue weighted by molar-refractivity contribution is 7.91. The quantitative estimate of drug-likeness (QED) is 0.768. The fourth-order valence-electron chi connectivity index (χ4n) is 2.73. The Morgan fingerprint density at radius 3 is 2.47 bits per heavy atom. The van der Waals surface area contributed by atoms with Gasteiger partial charge in [0.25, 0.3) is 0 Å². The predicted molar refractivity (Wildman–Crippen MR) is 71.8 cm³/mol. The monoisotopic (exact) mass is 292 g/mol. The minimum atomic E-state index is -3.12. The first kappa shape index (κ1) is 15.2. The van der Waals surface area contributed by atoms with E-state index in [0.29, 0.717) is 6.61 Å². The molecular formula is C13H24O5S. The van der Waals surface area contributed by atoms with Crippen molar-refractivity contribution in [3.63, 3.8) is 0 Å². The van der Waals surface area contributed by atoms with Crippen LogP contribution in [0.2, 0.25) is 0 Å². The summed E-state index contributed by atoms with van der Waals surface area (Å²) in [5, 5.41) is 0. The van der Waals surface area contributed by atoms with Crippen LogP contribution < -0.4 is 0 Å². The van der Waals surface area contributed by atoms with Gasteiger partial charge in [-0.05, 0) is 38.5 Å². The minimum absolute atomic E-state index is 0.0900. The van der Waals surface area contributed by atoms with Crippen molar-refractivity contribution >= 4 is 9.84 Å². The van der Waals surface area contributed by atoms with Crippen LogP contribution in [0, 0.1) is 0 Å². The van der Waals surface area contributed by atoms with Gasteiger partial charge in [0.05, 0.1) is 23.7 Å². The molecule has 112 valence electrons. The van der Waals surface area contributed by atoms with Gasteiger partial charge < -0.3 is 14.2 Å². The molecule has 2 aliphatic rings. The standard InChI is InChI=1S/C13H24O5S/c1-16-13-7-4-6-12(18-13)10-19(14,15)9-11-5-2-3-8-17-11/h11-13H,2-10H2,1H3/t11?,12-,13-/m0/s1. The third-order valence-corrected chi connectivity index (χ3v) is 5.49. The summed E-state index contributed by atoms with van der Waals surface area (Å²) >= 11 is 0. The molecule has 0 aromatic rings. The molecule has 0 N–H and O–H groups in total. The van der Waals surface area contributed by atoms with Crippen molar-refractivity contribution in [3.8, 4) is 0 Å². The summed E-state index contributed by atoms with van der Waals surface area (Å²) < 4.78 is 40.6. The van der Waals surface area contributed by atoms with Crippen molar-refractivity contribution in [2.45, 2.75) is 57.0 Å². The molecule has 0 bridgehead atoms. The molecule has 6 heteroatoms. The topological polar surface area (TPSA) is 61.8 Å². The highest BCUT2D eigenvalue weighted by Crippen LogP contribution is 2.22. The zero-order valence-corrected chi connectivity index (χ0v) is 12.4. The van der Waals surface area contributed by atoms with Crippen LogP contribution in [0.5, 0.6) is 0 Å². The zero-order chi connectivity index (χ0) is 13.7. The summed E-state index contributed by atoms with van der Waals surface area (Å²) in [6.07, 6.45) is 4.95. The number of ether oxygens (including phenoxy) is 3. The third kappa shape index (κ3) is 5.02. The first-order chi connectivity index (χ1) is 9.09. The molecule has 19 heavy (non-hydrogen) atoms. The van der Waals surface area contributed by atoms with Crippen molar-refractivity contribution in [1.29, 1.82) is 0 Å². The fraction of sp³-hybridized carbons (Fsp3) is 1.00. The van der Waals surface area contributed by atoms with E-state index < -0.39 is 9.84 Å². The predicted octanol–water partition coefficient (Wildman–Crippen LogP) is 1.51. The van der Waals surface area contributed by atoms with E-state index in [0.717, 1.165) is 38.5 Å². The Morgan fingerprint density at radius 1 is 1.05 bits per heavy atom. The van der Waals surface area contributed by atoms with Gasteiger partial charge in [0.1, 0.15) is 0 Å². The van der Waals surface area contributed by atoms with E-state index in [9.17, 15) is 8.42 Å². The maximum Gasteiger partial charge on any atom is 0.157 e. The Kier molecular flexibility index (Phi) is 5.62. The van der Waals surface area contributed by atoms with Crippen molar-refractivity contribution in [1.82, 2.24) is 0 Å². The van der Waals surface area contributed by atoms with Crippen molar-refractivity contribution in [2.75, 3.05) is 25.2 Å². The molecule has 0 aromatic heterocycles. The SMILES string of the molecule is CO[C@@H]1CCC[C@@H](CS(=O)(=O)CC2CCCCO2)O1. The summed E-state index contributed by atoms with van der Waals surface area (Å²) in [5.41, 5.74) is 0. The van der Waals surface area contributed by atoms with Gasteiger partial charge in [0.15, 0.2) is 16.1 Å². The van der Waals surface area contributed by atoms with Gasteiger partial charge >= 0.3 is 0 Å². The second-order valence-corrected chi connectivity index (χ2v) is 7.57. The van der Waals surface area contributed by atoms with E-state index in [2.05, 4.69) is 0 Å². The van der Waals surface area contributed by atoms with Crippen LogP contribution in [0.1, 0.15) is 38.5 Å². The van der Waals surface area contributed by atoms with Crippen LogP contribution in [-0.4, -0.2) is 52.1 Å². The van der Waals surface area contributed by atoms with Gasteiger partial charge in [-0.1, -0.05) is 0 Å². The second-order valence-electron chi connectivity index (χ2n) is 5.42. The van der Waals surface area contributed by atoms with Crippen molar-refractivity contribution < 1.29 is 22.6 Å². The van der Waals surface area contributed by atoms with E-state index in [1.807, 2.05) is 0 Å². The van der Waals surface area contributed by atoms with Crippen LogP contribution in [0.4, 0.5) is 0 Å². The first-order valence-electron chi connectivity index (χ1n) is 7.09. The van der Waals surface area contributed by atoms with Crippen LogP contribution in [0.3, 0.4) is 0 Å². The maximum atomic E-state index is 12.2. The lowest BCUT2D eigenvalue weighted by Gasteiger charge is -2.29. The summed E-state index contributed by atoms with van der Waals surface area (Å²) in [5.74, 6) is 0.219. The summed E-state index contributed by atoms with van der Waals surface area (Å²) in [6, 6.07) is 0. The lowest BCUT2D eigenvalue weighted by atomic mass is 10.1. The smallest absolute Gasteiger partial charge is 0.157 e. The second kappa shape index (κ2) is 7.02. The average Bonchev–Trinajstić information content (AvgIpc) is 2.39. The normalized spacial score (nSPS) is 33.2. The molecule has 5 nitrogen and oxygen atoms in total. The molecule has 1 unspecified atom stereocenters. The number of hydrogen-bond donors (Lipinski definition) is 0. The molecule has 2 heterocycles. The molecule has 2 fully saturated rings. The molecule has 2 rings (SSSR count). The zero-order valence-electron chi connectivity index (χ0n) is 11.5. The molecule has 0 spiro atoms. The third-order valence-electron chi connectivity index (χ3n) is 3.73. The summed E-state index contributed by atoms with van der Waals surface area (Å²) in [6.45, 7) is 0.686. The highest BCUT2D eigenvalue weighted by Gasteiger charge is 2.29. The Labute approximate surface area is 115 Å². The molecule has 2 aliphatic heterocycles. The van der Waals surface area contributed by atoms with Gasteiger partial charge in [-0.2, -0.15) is 0 Å². The average molecular weight is 292 g/mol. The van der Waals surface area contributed by atoms with Crippen molar-refractivity contribution in [2.24, 2.45) is 0 Å². The van der Waals surface area contributed by atoms with Gasteiger partial charge in [0.2, 0.25) is 0 Å². The van der Waals surface area contributed by atoms with Crippen LogP contribution in [0.25, 0.3) is 0 Å². The Bertz CT molecular complexity index is 361. The van der Waals surface area contributed by atoms with E-state index in [4.69, 9.17) is 14.2 Å². The highest BCUT2D eigenvalue weighted by atomic mass is 32.2. The number of methoxy groups -OCH3 is 1. The molecular weight excluding hydrogens is 268 g/mol. The van der Waals surface area contributed by atoms with Gasteiger partial charge in [0, 0.05) is 13.7 Å². The number of hydrogen-bond acceptors (Lipinski definition) is 5. The molecule has 0 saturated carbocycles. The molecule has 0 amide bonds. The molecule has 0 aliphatic carbocycles. The number of rotatable bonds is 5. The first-order valence-corrected chi connectivity index (χ1v) is 8.91. The van der Waals surface area contributed by atoms with Crippen LogP contribution >= 0.6 is 0 Å². The van der Waals surface area contributed by atoms with Crippen molar-refractivity contribution in [3.05, 3.63) is 0 Å². The van der Waals surface area contributed by atoms with E-state index in [1.54, 1.807) is 7.11 Å². The van der Waals surface area contributed by atoms with Gasteiger partial charge in [-0.15, -0.1) is 0 Å². The Balaban J connectivity index is 1.82. The lowest BCUT2D eigenvalue weighted by Crippen LogP contribution is -2.37. The molecule has 2 saturated heterocycles. The van der Waals surface area contributed by atoms with E-state index in [1.165, 1.54) is 0 Å². The van der Waals surface area contributed by atoms with Crippen LogP contribution in [0.15, 0.2) is 0 Å². The van der Waals surface area contributed by atoms with Gasteiger partial charge in [-0.3, -0.25) is 0 Å². The minimum Gasteiger partial charge on any atom is -0.377 e. The van der Waals surface area contributed by atoms with Crippen LogP contribution in [-0.2, 0) is 24.0 Å².